The molecule has 1 aromatic carbocycles. The summed E-state index contributed by atoms with van der Waals surface area (Å²) in [5, 5.41) is 6.61. The first kappa shape index (κ1) is 15.0. The molecule has 0 radical (unpaired) electrons. The van der Waals surface area contributed by atoms with E-state index < -0.39 is 0 Å². The number of carbonyl (C=O) groups is 1. The van der Waals surface area contributed by atoms with Gasteiger partial charge in [-0.2, -0.15) is 0 Å². The van der Waals surface area contributed by atoms with E-state index >= 15 is 0 Å². The summed E-state index contributed by atoms with van der Waals surface area (Å²) >= 11 is 0. The van der Waals surface area contributed by atoms with Gasteiger partial charge in [0.15, 0.2) is 0 Å². The second-order valence-corrected chi connectivity index (χ2v) is 6.41. The van der Waals surface area contributed by atoms with Crippen molar-refractivity contribution >= 4 is 5.91 Å². The predicted octanol–water partition coefficient (Wildman–Crippen LogP) is 2.66. The lowest BCUT2D eigenvalue weighted by atomic mass is 9.93. The van der Waals surface area contributed by atoms with E-state index in [9.17, 15) is 4.79 Å². The Balaban J connectivity index is 1.84. The van der Waals surface area contributed by atoms with Crippen LogP contribution in [0.1, 0.15) is 45.1 Å². The summed E-state index contributed by atoms with van der Waals surface area (Å²) < 4.78 is 0. The van der Waals surface area contributed by atoms with E-state index in [1.807, 2.05) is 0 Å². The van der Waals surface area contributed by atoms with Crippen LogP contribution in [0, 0.1) is 0 Å². The molecular formula is C17H26N2O. The Morgan fingerprint density at radius 1 is 1.30 bits per heavy atom. The maximum Gasteiger partial charge on any atom is 0.221 e. The molecule has 1 aliphatic heterocycles. The standard InChI is InChI=1S/C17H26N2O/c1-17(2,11-10-14-7-4-3-5-8-14)19-15-9-6-12-18-16(20)13-15/h3-5,7-8,15,19H,6,9-13H2,1-2H3,(H,18,20). The third-order valence-electron chi connectivity index (χ3n) is 3.96. The first-order valence-electron chi connectivity index (χ1n) is 7.63. The smallest absolute Gasteiger partial charge is 0.221 e. The van der Waals surface area contributed by atoms with Crippen molar-refractivity contribution < 1.29 is 4.79 Å². The Labute approximate surface area is 122 Å². The largest absolute Gasteiger partial charge is 0.356 e. The van der Waals surface area contributed by atoms with E-state index in [1.54, 1.807) is 0 Å². The molecule has 1 heterocycles. The van der Waals surface area contributed by atoms with Crippen molar-refractivity contribution in [2.45, 2.75) is 57.5 Å². The lowest BCUT2D eigenvalue weighted by Gasteiger charge is -2.31. The average molecular weight is 274 g/mol. The van der Waals surface area contributed by atoms with Gasteiger partial charge >= 0.3 is 0 Å². The van der Waals surface area contributed by atoms with Gasteiger partial charge in [-0.3, -0.25) is 4.79 Å². The molecule has 3 heteroatoms. The summed E-state index contributed by atoms with van der Waals surface area (Å²) in [6.45, 7) is 5.29. The highest BCUT2D eigenvalue weighted by atomic mass is 16.1. The number of hydrogen-bond acceptors (Lipinski definition) is 2. The van der Waals surface area contributed by atoms with Crippen LogP contribution in [0.25, 0.3) is 0 Å². The predicted molar refractivity (Wildman–Crippen MR) is 82.6 cm³/mol. The van der Waals surface area contributed by atoms with Crippen LogP contribution in [-0.2, 0) is 11.2 Å². The second kappa shape index (κ2) is 6.89. The fraction of sp³-hybridized carbons (Fsp3) is 0.588. The van der Waals surface area contributed by atoms with E-state index in [0.717, 1.165) is 32.2 Å². The van der Waals surface area contributed by atoms with Crippen LogP contribution >= 0.6 is 0 Å². The third kappa shape index (κ3) is 4.97. The molecule has 1 saturated heterocycles. The molecule has 1 unspecified atom stereocenters. The maximum absolute atomic E-state index is 11.6. The van der Waals surface area contributed by atoms with Crippen LogP contribution in [0.4, 0.5) is 0 Å². The molecule has 0 aromatic heterocycles. The highest BCUT2D eigenvalue weighted by molar-refractivity contribution is 5.76. The second-order valence-electron chi connectivity index (χ2n) is 6.41. The highest BCUT2D eigenvalue weighted by Gasteiger charge is 2.24. The Hall–Kier alpha value is -1.35. The van der Waals surface area contributed by atoms with Crippen LogP contribution in [0.5, 0.6) is 0 Å². The number of carbonyl (C=O) groups excluding carboxylic acids is 1. The molecule has 110 valence electrons. The molecule has 3 nitrogen and oxygen atoms in total. The van der Waals surface area contributed by atoms with Gasteiger partial charge in [-0.15, -0.1) is 0 Å². The summed E-state index contributed by atoms with van der Waals surface area (Å²) in [6, 6.07) is 10.9. The summed E-state index contributed by atoms with van der Waals surface area (Å²) in [7, 11) is 0. The fourth-order valence-electron chi connectivity index (χ4n) is 2.82. The van der Waals surface area contributed by atoms with Crippen molar-refractivity contribution in [2.75, 3.05) is 6.54 Å². The Kier molecular flexibility index (Phi) is 5.18. The molecule has 2 N–H and O–H groups in total. The highest BCUT2D eigenvalue weighted by Crippen LogP contribution is 2.17. The quantitative estimate of drug-likeness (QED) is 0.866. The van der Waals surface area contributed by atoms with E-state index in [1.165, 1.54) is 5.56 Å². The van der Waals surface area contributed by atoms with Crippen molar-refractivity contribution in [1.29, 1.82) is 0 Å². The molecule has 20 heavy (non-hydrogen) atoms. The van der Waals surface area contributed by atoms with Crippen LogP contribution in [0.15, 0.2) is 30.3 Å². The number of amides is 1. The SMILES string of the molecule is CC(C)(CCc1ccccc1)NC1CCCNC(=O)C1. The van der Waals surface area contributed by atoms with Crippen molar-refractivity contribution in [3.8, 4) is 0 Å². The minimum Gasteiger partial charge on any atom is -0.356 e. The Morgan fingerprint density at radius 2 is 2.05 bits per heavy atom. The lowest BCUT2D eigenvalue weighted by Crippen LogP contribution is -2.47. The van der Waals surface area contributed by atoms with E-state index in [0.29, 0.717) is 12.5 Å². The zero-order chi connectivity index (χ0) is 14.4. The molecule has 0 aliphatic carbocycles. The van der Waals surface area contributed by atoms with Gasteiger partial charge < -0.3 is 10.6 Å². The molecule has 1 aromatic rings. The molecule has 0 bridgehead atoms. The van der Waals surface area contributed by atoms with Crippen LogP contribution in [0.3, 0.4) is 0 Å². The van der Waals surface area contributed by atoms with Crippen molar-refractivity contribution in [2.24, 2.45) is 0 Å². The molecule has 0 spiro atoms. The van der Waals surface area contributed by atoms with Gasteiger partial charge in [-0.1, -0.05) is 30.3 Å². The van der Waals surface area contributed by atoms with Crippen LogP contribution in [0.2, 0.25) is 0 Å². The third-order valence-corrected chi connectivity index (χ3v) is 3.96. The first-order chi connectivity index (χ1) is 9.55. The van der Waals surface area contributed by atoms with Crippen LogP contribution in [-0.4, -0.2) is 24.0 Å². The summed E-state index contributed by atoms with van der Waals surface area (Å²) in [5.41, 5.74) is 1.44. The number of benzene rings is 1. The number of hydrogen-bond donors (Lipinski definition) is 2. The number of nitrogens with one attached hydrogen (secondary N) is 2. The fourth-order valence-corrected chi connectivity index (χ4v) is 2.82. The topological polar surface area (TPSA) is 41.1 Å². The van der Waals surface area contributed by atoms with Crippen LogP contribution < -0.4 is 10.6 Å². The molecule has 1 fully saturated rings. The van der Waals surface area contributed by atoms with Crippen molar-refractivity contribution in [3.05, 3.63) is 35.9 Å². The molecule has 1 aliphatic rings. The van der Waals surface area contributed by atoms with Gasteiger partial charge in [0.1, 0.15) is 0 Å². The van der Waals surface area contributed by atoms with E-state index in [-0.39, 0.29) is 11.4 Å². The molecule has 1 atom stereocenters. The normalized spacial score (nSPS) is 20.3. The number of rotatable bonds is 5. The summed E-state index contributed by atoms with van der Waals surface area (Å²) in [6.07, 6.45) is 4.90. The molecular weight excluding hydrogens is 248 g/mol. The van der Waals surface area contributed by atoms with E-state index in [4.69, 9.17) is 0 Å². The minimum atomic E-state index is 0.0606. The molecule has 0 saturated carbocycles. The van der Waals surface area contributed by atoms with Gasteiger partial charge in [0, 0.05) is 24.5 Å². The van der Waals surface area contributed by atoms with Gasteiger partial charge in [-0.05, 0) is 45.1 Å². The minimum absolute atomic E-state index is 0.0606. The molecule has 1 amide bonds. The monoisotopic (exact) mass is 274 g/mol. The summed E-state index contributed by atoms with van der Waals surface area (Å²) in [4.78, 5) is 11.6. The lowest BCUT2D eigenvalue weighted by molar-refractivity contribution is -0.121. The maximum atomic E-state index is 11.6. The first-order valence-corrected chi connectivity index (χ1v) is 7.63. The number of aryl methyl sites for hydroxylation is 1. The summed E-state index contributed by atoms with van der Waals surface area (Å²) in [5.74, 6) is 0.179. The molecule has 2 rings (SSSR count). The van der Waals surface area contributed by atoms with Gasteiger partial charge in [0.25, 0.3) is 0 Å². The van der Waals surface area contributed by atoms with Gasteiger partial charge in [0.05, 0.1) is 0 Å². The Bertz CT molecular complexity index is 428. The Morgan fingerprint density at radius 3 is 2.80 bits per heavy atom. The zero-order valence-corrected chi connectivity index (χ0v) is 12.6. The van der Waals surface area contributed by atoms with Gasteiger partial charge in [0.2, 0.25) is 5.91 Å². The van der Waals surface area contributed by atoms with Crippen molar-refractivity contribution in [1.82, 2.24) is 10.6 Å². The van der Waals surface area contributed by atoms with Crippen molar-refractivity contribution in [3.63, 3.8) is 0 Å². The average Bonchev–Trinajstić information content (AvgIpc) is 2.61. The van der Waals surface area contributed by atoms with Gasteiger partial charge in [-0.25, -0.2) is 0 Å². The van der Waals surface area contributed by atoms with E-state index in [2.05, 4.69) is 54.8 Å². The zero-order valence-electron chi connectivity index (χ0n) is 12.6.